The number of rotatable bonds is 2. The fraction of sp³-hybridized carbons (Fsp3) is 0.545. The summed E-state index contributed by atoms with van der Waals surface area (Å²) in [6, 6.07) is 4.84. The number of carbonyl (C=O) groups excluding carboxylic acids is 1. The molecule has 1 atom stereocenters. The molecule has 1 saturated heterocycles. The van der Waals surface area contributed by atoms with Crippen LogP contribution in [0.2, 0.25) is 0 Å². The van der Waals surface area contributed by atoms with Crippen molar-refractivity contribution in [2.24, 2.45) is 7.05 Å². The van der Waals surface area contributed by atoms with Crippen LogP contribution in [0.1, 0.15) is 59.4 Å². The Morgan fingerprint density at radius 1 is 1.32 bits per heavy atom. The van der Waals surface area contributed by atoms with Gasteiger partial charge in [0.2, 0.25) is 0 Å². The minimum absolute atomic E-state index is 0.0532. The fourth-order valence-corrected chi connectivity index (χ4v) is 4.09. The molecule has 1 aromatic carbocycles. The van der Waals surface area contributed by atoms with Gasteiger partial charge in [0.15, 0.2) is 0 Å². The zero-order chi connectivity index (χ0) is 19.9. The van der Waals surface area contributed by atoms with Crippen LogP contribution in [0.4, 0.5) is 0 Å². The molecule has 6 nitrogen and oxygen atoms in total. The number of hydrogen-bond donors (Lipinski definition) is 1. The molecule has 2 aliphatic rings. The number of amides is 1. The van der Waals surface area contributed by atoms with Gasteiger partial charge in [-0.15, -0.1) is 0 Å². The van der Waals surface area contributed by atoms with Crippen molar-refractivity contribution >= 4 is 5.91 Å². The number of fused-ring (bicyclic) bond motifs is 1. The Balaban J connectivity index is 1.69. The van der Waals surface area contributed by atoms with Gasteiger partial charge in [-0.25, -0.2) is 0 Å². The highest BCUT2D eigenvalue weighted by atomic mass is 16.5. The number of nitrogens with one attached hydrogen (secondary N) is 1. The average molecular weight is 383 g/mol. The Hall–Kier alpha value is -2.18. The Labute approximate surface area is 166 Å². The van der Waals surface area contributed by atoms with Gasteiger partial charge in [-0.05, 0) is 34.1 Å². The van der Waals surface area contributed by atoms with E-state index in [1.54, 1.807) is 17.1 Å². The molecule has 2 aliphatic heterocycles. The summed E-state index contributed by atoms with van der Waals surface area (Å²) in [5.74, 6) is 0.0532. The largest absolute Gasteiger partial charge is 0.378 e. The Kier molecular flexibility index (Phi) is 5.02. The third kappa shape index (κ3) is 3.71. The summed E-state index contributed by atoms with van der Waals surface area (Å²) in [6.45, 7) is 10.4. The van der Waals surface area contributed by atoms with E-state index in [1.165, 1.54) is 22.3 Å². The average Bonchev–Trinajstić information content (AvgIpc) is 3.12. The van der Waals surface area contributed by atoms with Crippen LogP contribution in [-0.4, -0.2) is 46.9 Å². The molecule has 0 radical (unpaired) electrons. The van der Waals surface area contributed by atoms with Crippen LogP contribution in [0.15, 0.2) is 24.5 Å². The number of ether oxygens (including phenoxy) is 1. The lowest BCUT2D eigenvalue weighted by Gasteiger charge is -2.35. The molecule has 1 fully saturated rings. The molecule has 1 amide bonds. The maximum atomic E-state index is 13.0. The van der Waals surface area contributed by atoms with Crippen molar-refractivity contribution in [1.29, 1.82) is 0 Å². The highest BCUT2D eigenvalue weighted by Gasteiger charge is 2.29. The second-order valence-electron chi connectivity index (χ2n) is 8.91. The Morgan fingerprint density at radius 2 is 2.14 bits per heavy atom. The minimum atomic E-state index is 0.0532. The summed E-state index contributed by atoms with van der Waals surface area (Å²) in [5, 5.41) is 7.75. The van der Waals surface area contributed by atoms with Gasteiger partial charge < -0.3 is 15.0 Å². The Bertz CT molecular complexity index is 875. The van der Waals surface area contributed by atoms with Crippen LogP contribution in [-0.2, 0) is 30.2 Å². The molecule has 4 rings (SSSR count). The van der Waals surface area contributed by atoms with E-state index in [9.17, 15) is 4.79 Å². The van der Waals surface area contributed by atoms with Gasteiger partial charge in [0.25, 0.3) is 5.91 Å². The van der Waals surface area contributed by atoms with E-state index in [1.807, 2.05) is 11.9 Å². The molecule has 0 bridgehead atoms. The second-order valence-corrected chi connectivity index (χ2v) is 8.91. The topological polar surface area (TPSA) is 59.4 Å². The summed E-state index contributed by atoms with van der Waals surface area (Å²) in [6.07, 6.45) is 4.32. The molecular formula is C22H30N4O2. The van der Waals surface area contributed by atoms with E-state index >= 15 is 0 Å². The van der Waals surface area contributed by atoms with E-state index in [2.05, 4.69) is 43.3 Å². The van der Waals surface area contributed by atoms with Gasteiger partial charge >= 0.3 is 0 Å². The summed E-state index contributed by atoms with van der Waals surface area (Å²) >= 11 is 0. The van der Waals surface area contributed by atoms with Gasteiger partial charge in [-0.1, -0.05) is 32.9 Å². The van der Waals surface area contributed by atoms with Crippen molar-refractivity contribution in [2.45, 2.75) is 45.2 Å². The van der Waals surface area contributed by atoms with E-state index in [-0.39, 0.29) is 17.4 Å². The third-order valence-corrected chi connectivity index (χ3v) is 5.78. The summed E-state index contributed by atoms with van der Waals surface area (Å²) in [7, 11) is 1.84. The van der Waals surface area contributed by atoms with Gasteiger partial charge in [0.05, 0.1) is 31.0 Å². The standard InChI is InChI=1S/C22H30N4O2/c1-22(2,3)17-9-15-5-7-26(21(27)16-11-24-25(4)12-16)13-19(15)18(10-17)20-14-28-8-6-23-20/h9-12,20,23H,5-8,13-14H2,1-4H3/t20-/m0/s1. The zero-order valence-electron chi connectivity index (χ0n) is 17.3. The molecule has 0 saturated carbocycles. The van der Waals surface area contributed by atoms with E-state index in [4.69, 9.17) is 4.74 Å². The first-order valence-corrected chi connectivity index (χ1v) is 10.1. The molecule has 0 aliphatic carbocycles. The zero-order valence-corrected chi connectivity index (χ0v) is 17.3. The van der Waals surface area contributed by atoms with Crippen molar-refractivity contribution in [1.82, 2.24) is 20.0 Å². The number of nitrogens with zero attached hydrogens (tertiary/aromatic N) is 3. The van der Waals surface area contributed by atoms with Crippen molar-refractivity contribution in [3.63, 3.8) is 0 Å². The van der Waals surface area contributed by atoms with Crippen LogP contribution in [0.5, 0.6) is 0 Å². The maximum Gasteiger partial charge on any atom is 0.257 e. The SMILES string of the molecule is Cn1cc(C(=O)N2CCc3cc(C(C)(C)C)cc([C@@H]4COCCN4)c3C2)cn1. The van der Waals surface area contributed by atoms with Crippen molar-refractivity contribution < 1.29 is 9.53 Å². The summed E-state index contributed by atoms with van der Waals surface area (Å²) < 4.78 is 7.42. The molecule has 2 aromatic rings. The molecule has 1 N–H and O–H groups in total. The first-order valence-electron chi connectivity index (χ1n) is 10.1. The van der Waals surface area contributed by atoms with Crippen molar-refractivity contribution in [3.8, 4) is 0 Å². The molecule has 28 heavy (non-hydrogen) atoms. The monoisotopic (exact) mass is 382 g/mol. The number of aromatic nitrogens is 2. The fourth-order valence-electron chi connectivity index (χ4n) is 4.09. The van der Waals surface area contributed by atoms with Gasteiger partial charge in [-0.3, -0.25) is 9.48 Å². The quantitative estimate of drug-likeness (QED) is 0.867. The van der Waals surface area contributed by atoms with Gasteiger partial charge in [0, 0.05) is 32.9 Å². The molecule has 0 unspecified atom stereocenters. The number of hydrogen-bond acceptors (Lipinski definition) is 4. The smallest absolute Gasteiger partial charge is 0.257 e. The lowest BCUT2D eigenvalue weighted by molar-refractivity contribution is 0.0715. The van der Waals surface area contributed by atoms with Crippen LogP contribution in [0.25, 0.3) is 0 Å². The lowest BCUT2D eigenvalue weighted by Crippen LogP contribution is -2.39. The van der Waals surface area contributed by atoms with Gasteiger partial charge in [-0.2, -0.15) is 5.10 Å². The molecule has 0 spiro atoms. The molecule has 6 heteroatoms. The normalized spacial score (nSPS) is 20.1. The second kappa shape index (κ2) is 7.33. The molecule has 150 valence electrons. The summed E-state index contributed by atoms with van der Waals surface area (Å²) in [4.78, 5) is 14.9. The lowest BCUT2D eigenvalue weighted by atomic mass is 9.80. The predicted molar refractivity (Wildman–Crippen MR) is 108 cm³/mol. The number of aryl methyl sites for hydroxylation is 1. The van der Waals surface area contributed by atoms with Crippen molar-refractivity contribution in [3.05, 3.63) is 52.3 Å². The molecule has 3 heterocycles. The van der Waals surface area contributed by atoms with E-state index in [0.29, 0.717) is 18.7 Å². The summed E-state index contributed by atoms with van der Waals surface area (Å²) in [5.41, 5.74) is 6.01. The minimum Gasteiger partial charge on any atom is -0.378 e. The highest BCUT2D eigenvalue weighted by Crippen LogP contribution is 2.34. The molecular weight excluding hydrogens is 352 g/mol. The number of benzene rings is 1. The van der Waals surface area contributed by atoms with Crippen LogP contribution >= 0.6 is 0 Å². The van der Waals surface area contributed by atoms with Gasteiger partial charge in [0.1, 0.15) is 0 Å². The molecule has 1 aromatic heterocycles. The van der Waals surface area contributed by atoms with E-state index in [0.717, 1.165) is 26.1 Å². The number of carbonyl (C=O) groups is 1. The predicted octanol–water partition coefficient (Wildman–Crippen LogP) is 2.58. The van der Waals surface area contributed by atoms with Crippen LogP contribution < -0.4 is 5.32 Å². The highest BCUT2D eigenvalue weighted by molar-refractivity contribution is 5.93. The third-order valence-electron chi connectivity index (χ3n) is 5.78. The van der Waals surface area contributed by atoms with E-state index < -0.39 is 0 Å². The Morgan fingerprint density at radius 3 is 2.79 bits per heavy atom. The maximum absolute atomic E-state index is 13.0. The first kappa shape index (κ1) is 19.2. The van der Waals surface area contributed by atoms with Crippen molar-refractivity contribution in [2.75, 3.05) is 26.3 Å². The van der Waals surface area contributed by atoms with Crippen LogP contribution in [0, 0.1) is 0 Å². The first-order chi connectivity index (χ1) is 13.3. The van der Waals surface area contributed by atoms with Crippen LogP contribution in [0.3, 0.4) is 0 Å². The number of morpholine rings is 1.